The molecule has 2 aromatic heterocycles. The Kier molecular flexibility index (Phi) is 1.89. The lowest BCUT2D eigenvalue weighted by Crippen LogP contribution is -1.98. The molecule has 0 amide bonds. The van der Waals surface area contributed by atoms with Gasteiger partial charge in [0.05, 0.1) is 6.20 Å². The van der Waals surface area contributed by atoms with E-state index in [1.807, 2.05) is 37.3 Å². The van der Waals surface area contributed by atoms with E-state index in [0.29, 0.717) is 5.78 Å². The minimum Gasteiger partial charge on any atom is -0.216 e. The van der Waals surface area contributed by atoms with Crippen molar-refractivity contribution in [3.63, 3.8) is 0 Å². The van der Waals surface area contributed by atoms with Crippen LogP contribution in [0.2, 0.25) is 0 Å². The number of nitrogens with zero attached hydrogens (tertiary/aromatic N) is 5. The summed E-state index contributed by atoms with van der Waals surface area (Å²) in [5.74, 6) is 1.26. The van der Waals surface area contributed by atoms with Crippen LogP contribution in [0.3, 0.4) is 0 Å². The SMILES string of the molecule is Cc1nnc2ncc(-c3ccccc3)nn12. The van der Waals surface area contributed by atoms with Gasteiger partial charge in [0.15, 0.2) is 5.82 Å². The van der Waals surface area contributed by atoms with E-state index in [1.54, 1.807) is 10.7 Å². The molecular weight excluding hydrogens is 202 g/mol. The Hall–Kier alpha value is -2.30. The lowest BCUT2D eigenvalue weighted by Gasteiger charge is -2.00. The summed E-state index contributed by atoms with van der Waals surface area (Å²) in [6.07, 6.45) is 1.71. The summed E-state index contributed by atoms with van der Waals surface area (Å²) in [5.41, 5.74) is 1.85. The van der Waals surface area contributed by atoms with Gasteiger partial charge in [-0.05, 0) is 6.92 Å². The first-order valence-electron chi connectivity index (χ1n) is 4.95. The maximum atomic E-state index is 4.43. The van der Waals surface area contributed by atoms with Crippen LogP contribution in [0.5, 0.6) is 0 Å². The van der Waals surface area contributed by atoms with Crippen LogP contribution in [0.15, 0.2) is 36.5 Å². The summed E-state index contributed by atoms with van der Waals surface area (Å²) < 4.78 is 1.64. The fraction of sp³-hybridized carbons (Fsp3) is 0.0909. The standard InChI is InChI=1S/C11H9N5/c1-8-13-14-11-12-7-10(15-16(8)11)9-5-3-2-4-6-9/h2-7H,1H3. The molecule has 0 aliphatic heterocycles. The molecule has 0 saturated heterocycles. The number of benzene rings is 1. The van der Waals surface area contributed by atoms with Crippen molar-refractivity contribution in [3.05, 3.63) is 42.4 Å². The van der Waals surface area contributed by atoms with Crippen molar-refractivity contribution >= 4 is 5.78 Å². The van der Waals surface area contributed by atoms with Crippen LogP contribution in [-0.2, 0) is 0 Å². The summed E-state index contributed by atoms with van der Waals surface area (Å²) in [5, 5.41) is 12.2. The molecule has 0 atom stereocenters. The van der Waals surface area contributed by atoms with Gasteiger partial charge in [-0.3, -0.25) is 0 Å². The highest BCUT2D eigenvalue weighted by Gasteiger charge is 2.05. The largest absolute Gasteiger partial charge is 0.271 e. The summed E-state index contributed by atoms with van der Waals surface area (Å²) in [4.78, 5) is 4.21. The zero-order chi connectivity index (χ0) is 11.0. The van der Waals surface area contributed by atoms with Gasteiger partial charge in [-0.2, -0.15) is 9.61 Å². The fourth-order valence-corrected chi connectivity index (χ4v) is 1.54. The molecule has 16 heavy (non-hydrogen) atoms. The number of hydrogen-bond acceptors (Lipinski definition) is 4. The van der Waals surface area contributed by atoms with E-state index in [-0.39, 0.29) is 0 Å². The first-order valence-corrected chi connectivity index (χ1v) is 4.95. The van der Waals surface area contributed by atoms with Crippen molar-refractivity contribution in [3.8, 4) is 11.3 Å². The Bertz CT molecular complexity index is 629. The molecule has 3 aromatic rings. The second-order valence-corrected chi connectivity index (χ2v) is 3.47. The maximum absolute atomic E-state index is 4.43. The summed E-state index contributed by atoms with van der Waals surface area (Å²) in [6.45, 7) is 1.85. The third kappa shape index (κ3) is 1.33. The Morgan fingerprint density at radius 3 is 2.69 bits per heavy atom. The minimum atomic E-state index is 0.525. The fourth-order valence-electron chi connectivity index (χ4n) is 1.54. The third-order valence-corrected chi connectivity index (χ3v) is 2.36. The predicted molar refractivity (Wildman–Crippen MR) is 58.8 cm³/mol. The van der Waals surface area contributed by atoms with Gasteiger partial charge in [0.2, 0.25) is 0 Å². The quantitative estimate of drug-likeness (QED) is 0.612. The van der Waals surface area contributed by atoms with E-state index in [0.717, 1.165) is 17.1 Å². The molecule has 3 rings (SSSR count). The molecule has 0 bridgehead atoms. The first-order chi connectivity index (χ1) is 7.84. The number of hydrogen-bond donors (Lipinski definition) is 0. The Morgan fingerprint density at radius 2 is 1.88 bits per heavy atom. The lowest BCUT2D eigenvalue weighted by molar-refractivity contribution is 0.863. The van der Waals surface area contributed by atoms with Crippen LogP contribution in [0.1, 0.15) is 5.82 Å². The lowest BCUT2D eigenvalue weighted by atomic mass is 10.2. The van der Waals surface area contributed by atoms with Crippen molar-refractivity contribution in [1.29, 1.82) is 0 Å². The van der Waals surface area contributed by atoms with E-state index in [1.165, 1.54) is 0 Å². The molecule has 78 valence electrons. The first kappa shape index (κ1) is 8.96. The van der Waals surface area contributed by atoms with Gasteiger partial charge in [-0.1, -0.05) is 30.3 Å². The summed E-state index contributed by atoms with van der Waals surface area (Å²) in [7, 11) is 0. The van der Waals surface area contributed by atoms with Crippen LogP contribution >= 0.6 is 0 Å². The van der Waals surface area contributed by atoms with Crippen molar-refractivity contribution in [1.82, 2.24) is 24.8 Å². The summed E-state index contributed by atoms with van der Waals surface area (Å²) in [6, 6.07) is 9.91. The van der Waals surface area contributed by atoms with E-state index >= 15 is 0 Å². The van der Waals surface area contributed by atoms with Gasteiger partial charge in [0, 0.05) is 5.56 Å². The molecule has 0 unspecified atom stereocenters. The highest BCUT2D eigenvalue weighted by Crippen LogP contribution is 2.14. The maximum Gasteiger partial charge on any atom is 0.271 e. The Balaban J connectivity index is 2.22. The number of aryl methyl sites for hydroxylation is 1. The molecule has 1 aromatic carbocycles. The van der Waals surface area contributed by atoms with Crippen molar-refractivity contribution < 1.29 is 0 Å². The average Bonchev–Trinajstić information content (AvgIpc) is 2.72. The normalized spacial score (nSPS) is 10.8. The molecular formula is C11H9N5. The van der Waals surface area contributed by atoms with Gasteiger partial charge in [-0.25, -0.2) is 4.98 Å². The van der Waals surface area contributed by atoms with Gasteiger partial charge in [0.1, 0.15) is 5.69 Å². The van der Waals surface area contributed by atoms with Crippen LogP contribution in [0, 0.1) is 6.92 Å². The molecule has 0 spiro atoms. The molecule has 0 fully saturated rings. The van der Waals surface area contributed by atoms with Gasteiger partial charge in [0.25, 0.3) is 5.78 Å². The van der Waals surface area contributed by atoms with E-state index in [2.05, 4.69) is 20.3 Å². The zero-order valence-electron chi connectivity index (χ0n) is 8.70. The molecule has 0 N–H and O–H groups in total. The van der Waals surface area contributed by atoms with E-state index in [9.17, 15) is 0 Å². The number of aromatic nitrogens is 5. The molecule has 5 nitrogen and oxygen atoms in total. The second kappa shape index (κ2) is 3.37. The topological polar surface area (TPSA) is 56.0 Å². The van der Waals surface area contributed by atoms with Crippen molar-refractivity contribution in [2.45, 2.75) is 6.92 Å². The van der Waals surface area contributed by atoms with Crippen LogP contribution in [0.4, 0.5) is 0 Å². The highest BCUT2D eigenvalue weighted by atomic mass is 15.4. The van der Waals surface area contributed by atoms with Crippen molar-refractivity contribution in [2.24, 2.45) is 0 Å². The smallest absolute Gasteiger partial charge is 0.216 e. The van der Waals surface area contributed by atoms with Crippen LogP contribution < -0.4 is 0 Å². The molecule has 0 aliphatic rings. The molecule has 2 heterocycles. The zero-order valence-corrected chi connectivity index (χ0v) is 8.70. The van der Waals surface area contributed by atoms with Crippen LogP contribution in [0.25, 0.3) is 17.0 Å². The summed E-state index contributed by atoms with van der Waals surface area (Å²) >= 11 is 0. The molecule has 0 saturated carbocycles. The monoisotopic (exact) mass is 211 g/mol. The molecule has 0 aliphatic carbocycles. The average molecular weight is 211 g/mol. The van der Waals surface area contributed by atoms with E-state index < -0.39 is 0 Å². The van der Waals surface area contributed by atoms with Crippen LogP contribution in [-0.4, -0.2) is 24.8 Å². The minimum absolute atomic E-state index is 0.525. The molecule has 0 radical (unpaired) electrons. The van der Waals surface area contributed by atoms with Gasteiger partial charge >= 0.3 is 0 Å². The third-order valence-electron chi connectivity index (χ3n) is 2.36. The van der Waals surface area contributed by atoms with Gasteiger partial charge in [-0.15, -0.1) is 10.2 Å². The van der Waals surface area contributed by atoms with Crippen molar-refractivity contribution in [2.75, 3.05) is 0 Å². The Labute approximate surface area is 91.8 Å². The molecule has 5 heteroatoms. The number of fused-ring (bicyclic) bond motifs is 1. The van der Waals surface area contributed by atoms with E-state index in [4.69, 9.17) is 0 Å². The predicted octanol–water partition coefficient (Wildman–Crippen LogP) is 1.49. The highest BCUT2D eigenvalue weighted by molar-refractivity contribution is 5.57. The van der Waals surface area contributed by atoms with Gasteiger partial charge < -0.3 is 0 Å². The second-order valence-electron chi connectivity index (χ2n) is 3.47. The number of rotatable bonds is 1. The Morgan fingerprint density at radius 1 is 1.06 bits per heavy atom.